The summed E-state index contributed by atoms with van der Waals surface area (Å²) in [5.74, 6) is 0. The molecule has 86 valence electrons. The lowest BCUT2D eigenvalue weighted by Gasteiger charge is -2.08. The first-order valence-corrected chi connectivity index (χ1v) is 5.58. The second-order valence-corrected chi connectivity index (χ2v) is 4.20. The van der Waals surface area contributed by atoms with Crippen molar-refractivity contribution >= 4 is 10.9 Å². The zero-order valence-corrected chi connectivity index (χ0v) is 9.77. The zero-order valence-electron chi connectivity index (χ0n) is 9.77. The first-order valence-electron chi connectivity index (χ1n) is 5.58. The molecule has 2 aromatic rings. The molecule has 1 aromatic heterocycles. The predicted molar refractivity (Wildman–Crippen MR) is 66.6 cm³/mol. The molecule has 0 aliphatic heterocycles. The molecule has 0 aliphatic rings. The number of fused-ring (bicyclic) bond motifs is 1. The van der Waals surface area contributed by atoms with E-state index in [1.807, 2.05) is 26.2 Å². The zero-order chi connectivity index (χ0) is 11.5. The normalized spacial score (nSPS) is 13.2. The molecule has 1 aromatic carbocycles. The van der Waals surface area contributed by atoms with Crippen LogP contribution in [0.4, 0.5) is 0 Å². The van der Waals surface area contributed by atoms with E-state index in [1.54, 1.807) is 0 Å². The van der Waals surface area contributed by atoms with Crippen molar-refractivity contribution in [3.05, 3.63) is 36.0 Å². The Hall–Kier alpha value is -1.32. The molecule has 3 heteroatoms. The molecule has 16 heavy (non-hydrogen) atoms. The van der Waals surface area contributed by atoms with Gasteiger partial charge in [0.15, 0.2) is 0 Å². The molecule has 0 amide bonds. The molecule has 0 saturated carbocycles. The third-order valence-electron chi connectivity index (χ3n) is 2.87. The quantitative estimate of drug-likeness (QED) is 0.811. The summed E-state index contributed by atoms with van der Waals surface area (Å²) in [7, 11) is 3.89. The number of benzene rings is 1. The highest BCUT2D eigenvalue weighted by molar-refractivity contribution is 5.83. The van der Waals surface area contributed by atoms with E-state index in [0.717, 1.165) is 0 Å². The summed E-state index contributed by atoms with van der Waals surface area (Å²) in [5.41, 5.74) is 2.43. The van der Waals surface area contributed by atoms with Crippen molar-refractivity contribution in [2.75, 3.05) is 13.6 Å². The fraction of sp³-hybridized carbons (Fsp3) is 0.385. The minimum Gasteiger partial charge on any atom is -0.391 e. The number of likely N-dealkylation sites (N-methyl/N-ethyl adjacent to an activating group) is 1. The highest BCUT2D eigenvalue weighted by Gasteiger charge is 2.10. The van der Waals surface area contributed by atoms with Gasteiger partial charge in [-0.3, -0.25) is 0 Å². The number of nitrogens with zero attached hydrogens (tertiary/aromatic N) is 1. The van der Waals surface area contributed by atoms with Gasteiger partial charge >= 0.3 is 0 Å². The number of para-hydroxylation sites is 1. The van der Waals surface area contributed by atoms with Gasteiger partial charge in [0.2, 0.25) is 0 Å². The van der Waals surface area contributed by atoms with Gasteiger partial charge in [0.1, 0.15) is 0 Å². The molecular weight excluding hydrogens is 200 g/mol. The molecule has 1 atom stereocenters. The number of hydrogen-bond acceptors (Lipinski definition) is 2. The van der Waals surface area contributed by atoms with Crippen molar-refractivity contribution in [3.63, 3.8) is 0 Å². The second kappa shape index (κ2) is 4.68. The fourth-order valence-electron chi connectivity index (χ4n) is 2.15. The van der Waals surface area contributed by atoms with Crippen LogP contribution in [0.15, 0.2) is 30.5 Å². The van der Waals surface area contributed by atoms with E-state index in [-0.39, 0.29) is 6.10 Å². The van der Waals surface area contributed by atoms with E-state index in [0.29, 0.717) is 13.0 Å². The molecule has 0 bridgehead atoms. The minimum atomic E-state index is -0.323. The highest BCUT2D eigenvalue weighted by atomic mass is 16.3. The SMILES string of the molecule is CNCC(O)Cc1cn(C)c2ccccc12. The summed E-state index contributed by atoms with van der Waals surface area (Å²) in [5, 5.41) is 14.0. The van der Waals surface area contributed by atoms with Crippen molar-refractivity contribution in [2.45, 2.75) is 12.5 Å². The Morgan fingerprint density at radius 2 is 2.12 bits per heavy atom. The van der Waals surface area contributed by atoms with Gasteiger partial charge in [-0.1, -0.05) is 18.2 Å². The number of nitrogens with one attached hydrogen (secondary N) is 1. The molecular formula is C13H18N2O. The average Bonchev–Trinajstić information content (AvgIpc) is 2.57. The van der Waals surface area contributed by atoms with Gasteiger partial charge < -0.3 is 15.0 Å². The van der Waals surface area contributed by atoms with Crippen LogP contribution >= 0.6 is 0 Å². The Morgan fingerprint density at radius 3 is 2.88 bits per heavy atom. The molecule has 0 saturated heterocycles. The van der Waals surface area contributed by atoms with E-state index < -0.39 is 0 Å². The lowest BCUT2D eigenvalue weighted by atomic mass is 10.1. The van der Waals surface area contributed by atoms with E-state index >= 15 is 0 Å². The maximum absolute atomic E-state index is 9.80. The third kappa shape index (κ3) is 2.10. The third-order valence-corrected chi connectivity index (χ3v) is 2.87. The van der Waals surface area contributed by atoms with Gasteiger partial charge in [-0.15, -0.1) is 0 Å². The molecule has 2 rings (SSSR count). The van der Waals surface area contributed by atoms with Crippen molar-refractivity contribution in [1.82, 2.24) is 9.88 Å². The molecule has 0 fully saturated rings. The molecule has 0 radical (unpaired) electrons. The van der Waals surface area contributed by atoms with Crippen molar-refractivity contribution < 1.29 is 5.11 Å². The molecule has 1 unspecified atom stereocenters. The lowest BCUT2D eigenvalue weighted by Crippen LogP contribution is -2.25. The first-order chi connectivity index (χ1) is 7.72. The van der Waals surface area contributed by atoms with Crippen molar-refractivity contribution in [1.29, 1.82) is 0 Å². The fourth-order valence-corrected chi connectivity index (χ4v) is 2.15. The van der Waals surface area contributed by atoms with Crippen LogP contribution in [0.1, 0.15) is 5.56 Å². The van der Waals surface area contributed by atoms with Crippen LogP contribution in [0.2, 0.25) is 0 Å². The summed E-state index contributed by atoms with van der Waals surface area (Å²) in [6, 6.07) is 8.28. The number of rotatable bonds is 4. The van der Waals surface area contributed by atoms with E-state index in [2.05, 4.69) is 28.2 Å². The molecule has 0 aliphatic carbocycles. The number of aromatic nitrogens is 1. The maximum atomic E-state index is 9.80. The Bertz CT molecular complexity index is 476. The van der Waals surface area contributed by atoms with Gasteiger partial charge in [-0.05, 0) is 18.7 Å². The monoisotopic (exact) mass is 218 g/mol. The minimum absolute atomic E-state index is 0.323. The van der Waals surface area contributed by atoms with E-state index in [9.17, 15) is 5.11 Å². The summed E-state index contributed by atoms with van der Waals surface area (Å²) in [6.45, 7) is 0.628. The Balaban J connectivity index is 2.31. The Labute approximate surface area is 95.7 Å². The molecule has 0 spiro atoms. The molecule has 3 nitrogen and oxygen atoms in total. The van der Waals surface area contributed by atoms with Crippen LogP contribution < -0.4 is 5.32 Å². The van der Waals surface area contributed by atoms with Gasteiger partial charge in [0, 0.05) is 37.1 Å². The standard InChI is InChI=1S/C13H18N2O/c1-14-8-11(16)7-10-9-15(2)13-6-4-3-5-12(10)13/h3-6,9,11,14,16H,7-8H2,1-2H3. The highest BCUT2D eigenvalue weighted by Crippen LogP contribution is 2.21. The Morgan fingerprint density at radius 1 is 1.38 bits per heavy atom. The average molecular weight is 218 g/mol. The molecule has 1 heterocycles. The summed E-state index contributed by atoms with van der Waals surface area (Å²) < 4.78 is 2.11. The number of aliphatic hydroxyl groups is 1. The van der Waals surface area contributed by atoms with Gasteiger partial charge in [0.05, 0.1) is 6.10 Å². The largest absolute Gasteiger partial charge is 0.391 e. The summed E-state index contributed by atoms with van der Waals surface area (Å²) in [6.07, 6.45) is 2.47. The van der Waals surface area contributed by atoms with Gasteiger partial charge in [-0.25, -0.2) is 0 Å². The number of aliphatic hydroxyl groups excluding tert-OH is 1. The van der Waals surface area contributed by atoms with Crippen LogP contribution in [0.25, 0.3) is 10.9 Å². The Kier molecular flexibility index (Phi) is 3.27. The predicted octanol–water partition coefficient (Wildman–Crippen LogP) is 1.30. The smallest absolute Gasteiger partial charge is 0.0705 e. The van der Waals surface area contributed by atoms with E-state index in [1.165, 1.54) is 16.5 Å². The lowest BCUT2D eigenvalue weighted by molar-refractivity contribution is 0.175. The maximum Gasteiger partial charge on any atom is 0.0705 e. The summed E-state index contributed by atoms with van der Waals surface area (Å²) in [4.78, 5) is 0. The topological polar surface area (TPSA) is 37.2 Å². The van der Waals surface area contributed by atoms with Crippen molar-refractivity contribution in [3.8, 4) is 0 Å². The number of aryl methyl sites for hydroxylation is 1. The van der Waals surface area contributed by atoms with Crippen LogP contribution in [0.3, 0.4) is 0 Å². The van der Waals surface area contributed by atoms with Gasteiger partial charge in [0.25, 0.3) is 0 Å². The van der Waals surface area contributed by atoms with Crippen LogP contribution in [0, 0.1) is 0 Å². The van der Waals surface area contributed by atoms with Gasteiger partial charge in [-0.2, -0.15) is 0 Å². The summed E-state index contributed by atoms with van der Waals surface area (Å²) >= 11 is 0. The first kappa shape index (κ1) is 11.2. The molecule has 2 N–H and O–H groups in total. The van der Waals surface area contributed by atoms with E-state index in [4.69, 9.17) is 0 Å². The second-order valence-electron chi connectivity index (χ2n) is 4.20. The van der Waals surface area contributed by atoms with Crippen LogP contribution in [-0.4, -0.2) is 29.4 Å². The van der Waals surface area contributed by atoms with Crippen LogP contribution in [-0.2, 0) is 13.5 Å². The van der Waals surface area contributed by atoms with Crippen LogP contribution in [0.5, 0.6) is 0 Å². The van der Waals surface area contributed by atoms with Crippen molar-refractivity contribution in [2.24, 2.45) is 7.05 Å². The number of hydrogen-bond donors (Lipinski definition) is 2.